The minimum Gasteiger partial charge on any atom is -0.480 e. The van der Waals surface area contributed by atoms with Crippen molar-refractivity contribution < 1.29 is 24.2 Å². The van der Waals surface area contributed by atoms with Crippen molar-refractivity contribution in [3.8, 4) is 0 Å². The van der Waals surface area contributed by atoms with Gasteiger partial charge in [0.25, 0.3) is 0 Å². The number of aliphatic carboxylic acids is 1. The molecule has 0 unspecified atom stereocenters. The third kappa shape index (κ3) is 2.57. The van der Waals surface area contributed by atoms with E-state index in [-0.39, 0.29) is 18.1 Å². The van der Waals surface area contributed by atoms with E-state index in [1.165, 1.54) is 0 Å². The largest absolute Gasteiger partial charge is 0.480 e. The van der Waals surface area contributed by atoms with Crippen molar-refractivity contribution >= 4 is 17.8 Å². The lowest BCUT2D eigenvalue weighted by Crippen LogP contribution is -2.64. The Kier molecular flexibility index (Phi) is 3.28. The molecule has 0 aromatic heterocycles. The van der Waals surface area contributed by atoms with Crippen LogP contribution in [0.1, 0.15) is 40.0 Å². The van der Waals surface area contributed by atoms with Gasteiger partial charge in [-0.25, -0.2) is 9.59 Å². The molecule has 3 rings (SSSR count). The van der Waals surface area contributed by atoms with Crippen molar-refractivity contribution in [2.45, 2.75) is 57.7 Å². The first-order valence-corrected chi connectivity index (χ1v) is 6.47. The number of nitrogens with zero attached hydrogens (tertiary/aromatic N) is 1. The topological polar surface area (TPSA) is 83.9 Å². The summed E-state index contributed by atoms with van der Waals surface area (Å²) in [4.78, 5) is 36.5. The van der Waals surface area contributed by atoms with Crippen LogP contribution < -0.4 is 0 Å². The van der Waals surface area contributed by atoms with Crippen LogP contribution in [0, 0.1) is 5.92 Å². The van der Waals surface area contributed by atoms with Gasteiger partial charge in [-0.1, -0.05) is 0 Å². The van der Waals surface area contributed by atoms with Crippen LogP contribution in [0.15, 0.2) is 0 Å². The molecule has 0 radical (unpaired) electrons. The van der Waals surface area contributed by atoms with E-state index < -0.39 is 29.7 Å². The molecule has 1 aliphatic carbocycles. The molecule has 0 aromatic rings. The Morgan fingerprint density at radius 2 is 1.95 bits per heavy atom. The van der Waals surface area contributed by atoms with Gasteiger partial charge >= 0.3 is 12.1 Å². The number of ketones is 1. The van der Waals surface area contributed by atoms with Gasteiger partial charge in [0, 0.05) is 6.42 Å². The summed E-state index contributed by atoms with van der Waals surface area (Å²) < 4.78 is 5.23. The van der Waals surface area contributed by atoms with E-state index in [9.17, 15) is 19.5 Å². The molecule has 106 valence electrons. The summed E-state index contributed by atoms with van der Waals surface area (Å²) in [6.45, 7) is 5.14. The van der Waals surface area contributed by atoms with E-state index in [2.05, 4.69) is 0 Å². The van der Waals surface area contributed by atoms with Crippen molar-refractivity contribution in [3.63, 3.8) is 0 Å². The average molecular weight is 269 g/mol. The SMILES string of the molecule is CC(C)(C)OC(=O)N1[C@@H]2CC[C@@H](CC2=O)[C@@H]1C(=O)O. The summed E-state index contributed by atoms with van der Waals surface area (Å²) in [7, 11) is 0. The lowest BCUT2D eigenvalue weighted by molar-refractivity contribution is -0.156. The number of rotatable bonds is 1. The zero-order chi connectivity index (χ0) is 14.4. The van der Waals surface area contributed by atoms with E-state index in [1.807, 2.05) is 0 Å². The number of carboxylic acid groups (broad SMARTS) is 1. The first-order chi connectivity index (χ1) is 8.70. The normalized spacial score (nSPS) is 30.4. The van der Waals surface area contributed by atoms with Gasteiger partial charge in [0.05, 0.1) is 6.04 Å². The monoisotopic (exact) mass is 269 g/mol. The third-order valence-electron chi connectivity index (χ3n) is 3.59. The molecule has 3 aliphatic rings. The van der Waals surface area contributed by atoms with E-state index in [0.717, 1.165) is 4.90 Å². The van der Waals surface area contributed by atoms with E-state index in [4.69, 9.17) is 4.74 Å². The Bertz CT molecular complexity index is 425. The summed E-state index contributed by atoms with van der Waals surface area (Å²) in [5, 5.41) is 9.30. The fourth-order valence-electron chi connectivity index (χ4n) is 2.89. The van der Waals surface area contributed by atoms with Gasteiger partial charge in [0.15, 0.2) is 5.78 Å². The van der Waals surface area contributed by atoms with Gasteiger partial charge in [-0.2, -0.15) is 0 Å². The van der Waals surface area contributed by atoms with Crippen LogP contribution in [0.4, 0.5) is 4.79 Å². The molecule has 2 saturated heterocycles. The van der Waals surface area contributed by atoms with Crippen LogP contribution >= 0.6 is 0 Å². The zero-order valence-corrected chi connectivity index (χ0v) is 11.4. The first kappa shape index (κ1) is 13.8. The fraction of sp³-hybridized carbons (Fsp3) is 0.769. The molecule has 6 heteroatoms. The molecule has 0 aromatic carbocycles. The Balaban J connectivity index is 2.26. The summed E-state index contributed by atoms with van der Waals surface area (Å²) in [5.41, 5.74) is -0.708. The summed E-state index contributed by atoms with van der Waals surface area (Å²) in [5.74, 6) is -1.41. The maximum Gasteiger partial charge on any atom is 0.411 e. The Morgan fingerprint density at radius 3 is 2.42 bits per heavy atom. The van der Waals surface area contributed by atoms with Crippen LogP contribution in [0.5, 0.6) is 0 Å². The second-order valence-electron chi connectivity index (χ2n) is 6.19. The van der Waals surface area contributed by atoms with Crippen molar-refractivity contribution in [3.05, 3.63) is 0 Å². The maximum atomic E-state index is 12.2. The smallest absolute Gasteiger partial charge is 0.411 e. The molecule has 2 aliphatic heterocycles. The number of piperidine rings is 2. The molecule has 2 bridgehead atoms. The second-order valence-corrected chi connectivity index (χ2v) is 6.19. The number of ether oxygens (including phenoxy) is 1. The van der Waals surface area contributed by atoms with Crippen LogP contribution in [0.3, 0.4) is 0 Å². The molecule has 19 heavy (non-hydrogen) atoms. The summed E-state index contributed by atoms with van der Waals surface area (Å²) >= 11 is 0. The van der Waals surface area contributed by atoms with E-state index in [0.29, 0.717) is 12.8 Å². The third-order valence-corrected chi connectivity index (χ3v) is 3.59. The number of carbonyl (C=O) groups is 3. The number of carboxylic acids is 1. The number of Topliss-reactive ketones (excluding diaryl/α,β-unsaturated/α-hetero) is 1. The molecule has 0 spiro atoms. The van der Waals surface area contributed by atoms with Gasteiger partial charge in [0.1, 0.15) is 11.6 Å². The van der Waals surface area contributed by atoms with Gasteiger partial charge in [-0.15, -0.1) is 0 Å². The molecule has 3 atom stereocenters. The second kappa shape index (κ2) is 4.51. The highest BCUT2D eigenvalue weighted by Gasteiger charge is 2.52. The highest BCUT2D eigenvalue weighted by atomic mass is 16.6. The number of hydrogen-bond acceptors (Lipinski definition) is 4. The standard InChI is InChI=1S/C13H19NO5/c1-13(2,3)19-12(18)14-8-5-4-7(6-9(8)15)10(14)11(16)17/h7-8,10H,4-6H2,1-3H3,(H,16,17)/t7-,8+,10+/m0/s1. The molecule has 1 amide bonds. The van der Waals surface area contributed by atoms with Gasteiger partial charge in [-0.05, 0) is 39.5 Å². The van der Waals surface area contributed by atoms with Gasteiger partial charge in [0.2, 0.25) is 0 Å². The number of hydrogen-bond donors (Lipinski definition) is 1. The van der Waals surface area contributed by atoms with E-state index >= 15 is 0 Å². The van der Waals surface area contributed by atoms with Crippen LogP contribution in [-0.2, 0) is 14.3 Å². The lowest BCUT2D eigenvalue weighted by atomic mass is 9.74. The van der Waals surface area contributed by atoms with Crippen molar-refractivity contribution in [2.75, 3.05) is 0 Å². The molecule has 6 nitrogen and oxygen atoms in total. The molecule has 1 saturated carbocycles. The predicted molar refractivity (Wildman–Crippen MR) is 65.6 cm³/mol. The van der Waals surface area contributed by atoms with E-state index in [1.54, 1.807) is 20.8 Å². The molecular weight excluding hydrogens is 250 g/mol. The number of fused-ring (bicyclic) bond motifs is 3. The minimum absolute atomic E-state index is 0.0559. The average Bonchev–Trinajstić information content (AvgIpc) is 2.25. The zero-order valence-electron chi connectivity index (χ0n) is 11.4. The quantitative estimate of drug-likeness (QED) is 0.778. The highest BCUT2D eigenvalue weighted by molar-refractivity contribution is 5.93. The molecular formula is C13H19NO5. The first-order valence-electron chi connectivity index (χ1n) is 6.47. The molecule has 3 fully saturated rings. The maximum absolute atomic E-state index is 12.2. The minimum atomic E-state index is -1.06. The summed E-state index contributed by atoms with van der Waals surface area (Å²) in [6.07, 6.45) is 0.753. The van der Waals surface area contributed by atoms with Gasteiger partial charge in [-0.3, -0.25) is 9.69 Å². The summed E-state index contributed by atoms with van der Waals surface area (Å²) in [6, 6.07) is -1.58. The predicted octanol–water partition coefficient (Wildman–Crippen LogP) is 1.43. The van der Waals surface area contributed by atoms with Crippen LogP contribution in [0.2, 0.25) is 0 Å². The van der Waals surface area contributed by atoms with Crippen molar-refractivity contribution in [1.82, 2.24) is 4.90 Å². The van der Waals surface area contributed by atoms with Crippen LogP contribution in [-0.4, -0.2) is 45.5 Å². The molecule has 2 heterocycles. The lowest BCUT2D eigenvalue weighted by Gasteiger charge is -2.48. The van der Waals surface area contributed by atoms with Gasteiger partial charge < -0.3 is 9.84 Å². The van der Waals surface area contributed by atoms with Crippen LogP contribution in [0.25, 0.3) is 0 Å². The van der Waals surface area contributed by atoms with Crippen molar-refractivity contribution in [1.29, 1.82) is 0 Å². The Morgan fingerprint density at radius 1 is 1.32 bits per heavy atom. The highest BCUT2D eigenvalue weighted by Crippen LogP contribution is 2.38. The number of carbonyl (C=O) groups excluding carboxylic acids is 2. The molecule has 1 N–H and O–H groups in total. The Hall–Kier alpha value is -1.59. The van der Waals surface area contributed by atoms with Crippen molar-refractivity contribution in [2.24, 2.45) is 5.92 Å². The number of amides is 1. The Labute approximate surface area is 111 Å². The fourth-order valence-corrected chi connectivity index (χ4v) is 2.89.